The van der Waals surface area contributed by atoms with E-state index in [0.29, 0.717) is 0 Å². The predicted octanol–water partition coefficient (Wildman–Crippen LogP) is 15.9. The molecule has 61 heavy (non-hydrogen) atoms. The molecule has 13 rings (SSSR count). The van der Waals surface area contributed by atoms with Crippen molar-refractivity contribution in [1.82, 2.24) is 0 Å². The summed E-state index contributed by atoms with van der Waals surface area (Å²) in [6.07, 6.45) is 0. The fraction of sp³-hybridized carbons (Fsp3) is 0.0169. The molecule has 1 spiro atoms. The molecule has 2 heteroatoms. The molecule has 0 saturated heterocycles. The first-order chi connectivity index (χ1) is 30.3. The zero-order valence-corrected chi connectivity index (χ0v) is 33.2. The van der Waals surface area contributed by atoms with E-state index >= 15 is 0 Å². The highest BCUT2D eigenvalue weighted by molar-refractivity contribution is 6.18. The molecule has 10 aromatic carbocycles. The van der Waals surface area contributed by atoms with Crippen molar-refractivity contribution in [3.63, 3.8) is 0 Å². The Hall–Kier alpha value is -7.94. The molecule has 284 valence electrons. The van der Waals surface area contributed by atoms with Gasteiger partial charge in [0.15, 0.2) is 0 Å². The summed E-state index contributed by atoms with van der Waals surface area (Å²) in [6, 6.07) is 82.2. The van der Waals surface area contributed by atoms with E-state index in [9.17, 15) is 0 Å². The highest BCUT2D eigenvalue weighted by atomic mass is 16.3. The Labute approximate surface area is 354 Å². The molecule has 0 atom stereocenters. The molecule has 2 nitrogen and oxygen atoms in total. The van der Waals surface area contributed by atoms with Crippen molar-refractivity contribution in [3.05, 3.63) is 247 Å². The lowest BCUT2D eigenvalue weighted by Crippen LogP contribution is -2.26. The van der Waals surface area contributed by atoms with Gasteiger partial charge in [0.25, 0.3) is 0 Å². The summed E-state index contributed by atoms with van der Waals surface area (Å²) in [7, 11) is 0. The molecule has 0 amide bonds. The van der Waals surface area contributed by atoms with Gasteiger partial charge in [-0.25, -0.2) is 0 Å². The number of para-hydroxylation sites is 3. The summed E-state index contributed by atoms with van der Waals surface area (Å²) in [5.41, 5.74) is 19.5. The monoisotopic (exact) mass is 775 g/mol. The van der Waals surface area contributed by atoms with Crippen molar-refractivity contribution in [2.45, 2.75) is 5.41 Å². The van der Waals surface area contributed by atoms with Gasteiger partial charge in [-0.1, -0.05) is 200 Å². The summed E-state index contributed by atoms with van der Waals surface area (Å²) < 4.78 is 7.02. The van der Waals surface area contributed by atoms with Crippen LogP contribution in [0.4, 0.5) is 17.1 Å². The minimum absolute atomic E-state index is 0.470. The summed E-state index contributed by atoms with van der Waals surface area (Å²) in [6.45, 7) is 0. The van der Waals surface area contributed by atoms with Crippen LogP contribution in [0.2, 0.25) is 0 Å². The van der Waals surface area contributed by atoms with Crippen molar-refractivity contribution in [1.29, 1.82) is 0 Å². The largest absolute Gasteiger partial charge is 0.455 e. The Morgan fingerprint density at radius 1 is 0.295 bits per heavy atom. The van der Waals surface area contributed by atoms with Crippen molar-refractivity contribution < 1.29 is 4.42 Å². The van der Waals surface area contributed by atoms with Crippen LogP contribution >= 0.6 is 0 Å². The van der Waals surface area contributed by atoms with E-state index in [1.165, 1.54) is 49.9 Å². The Kier molecular flexibility index (Phi) is 7.26. The normalized spacial score (nSPS) is 13.0. The van der Waals surface area contributed by atoms with Crippen LogP contribution in [-0.4, -0.2) is 0 Å². The van der Waals surface area contributed by atoms with E-state index in [-0.39, 0.29) is 0 Å². The van der Waals surface area contributed by atoms with Crippen molar-refractivity contribution in [2.75, 3.05) is 4.90 Å². The quantitative estimate of drug-likeness (QED) is 0.173. The second-order valence-corrected chi connectivity index (χ2v) is 16.3. The minimum atomic E-state index is -0.470. The van der Waals surface area contributed by atoms with Crippen LogP contribution in [0.1, 0.15) is 22.3 Å². The first-order valence-electron chi connectivity index (χ1n) is 21.1. The highest BCUT2D eigenvalue weighted by Gasteiger charge is 2.52. The second-order valence-electron chi connectivity index (χ2n) is 16.3. The van der Waals surface area contributed by atoms with Crippen LogP contribution in [0.15, 0.2) is 229 Å². The van der Waals surface area contributed by atoms with E-state index < -0.39 is 5.41 Å². The molecule has 0 bridgehead atoms. The van der Waals surface area contributed by atoms with Crippen LogP contribution in [0.25, 0.3) is 77.2 Å². The minimum Gasteiger partial charge on any atom is -0.455 e. The average Bonchev–Trinajstić information content (AvgIpc) is 3.97. The third-order valence-corrected chi connectivity index (χ3v) is 13.3. The molecule has 2 aliphatic rings. The Bertz CT molecular complexity index is 3510. The second kappa shape index (κ2) is 13.0. The number of hydrogen-bond acceptors (Lipinski definition) is 2. The van der Waals surface area contributed by atoms with Gasteiger partial charge in [0.2, 0.25) is 0 Å². The number of rotatable bonds is 5. The van der Waals surface area contributed by atoms with Gasteiger partial charge in [-0.05, 0) is 74.2 Å². The van der Waals surface area contributed by atoms with Gasteiger partial charge >= 0.3 is 0 Å². The topological polar surface area (TPSA) is 16.4 Å². The fourth-order valence-corrected chi connectivity index (χ4v) is 10.9. The van der Waals surface area contributed by atoms with E-state index in [4.69, 9.17) is 4.42 Å². The average molecular weight is 776 g/mol. The van der Waals surface area contributed by atoms with Gasteiger partial charge in [0.1, 0.15) is 11.2 Å². The third kappa shape index (κ3) is 4.67. The third-order valence-electron chi connectivity index (χ3n) is 13.3. The Balaban J connectivity index is 1.13. The number of fused-ring (bicyclic) bond motifs is 15. The maximum absolute atomic E-state index is 7.02. The van der Waals surface area contributed by atoms with Crippen molar-refractivity contribution >= 4 is 49.8 Å². The summed E-state index contributed by atoms with van der Waals surface area (Å²) in [5.74, 6) is 0. The van der Waals surface area contributed by atoms with Crippen molar-refractivity contribution in [3.8, 4) is 44.5 Å². The van der Waals surface area contributed by atoms with Gasteiger partial charge in [-0.15, -0.1) is 0 Å². The molecule has 2 aliphatic carbocycles. The van der Waals surface area contributed by atoms with Crippen LogP contribution in [0.5, 0.6) is 0 Å². The standard InChI is InChI=1S/C59H37NO/c1-2-18-38(19-3-1)40-21-9-14-33-53(40)60(54-34-15-10-25-44(54)45-27-16-28-46-47-37-36-39-20-4-5-22-41(39)57(47)61-58(45)46)55-35-17-32-52-56(55)48-26-8-13-31-51(48)59(52)49-29-11-6-23-42(49)43-24-7-12-30-50(43)59/h1-37H. The molecule has 0 saturated carbocycles. The van der Waals surface area contributed by atoms with E-state index in [1.807, 2.05) is 0 Å². The molecule has 1 heterocycles. The zero-order chi connectivity index (χ0) is 40.1. The molecule has 0 unspecified atom stereocenters. The lowest BCUT2D eigenvalue weighted by Gasteiger charge is -2.33. The lowest BCUT2D eigenvalue weighted by atomic mass is 9.70. The maximum Gasteiger partial charge on any atom is 0.143 e. The maximum atomic E-state index is 7.02. The predicted molar refractivity (Wildman–Crippen MR) is 253 cm³/mol. The van der Waals surface area contributed by atoms with Gasteiger partial charge in [0.05, 0.1) is 22.5 Å². The van der Waals surface area contributed by atoms with Gasteiger partial charge in [-0.2, -0.15) is 0 Å². The number of furan rings is 1. The fourth-order valence-electron chi connectivity index (χ4n) is 10.9. The zero-order valence-electron chi connectivity index (χ0n) is 33.2. The highest BCUT2D eigenvalue weighted by Crippen LogP contribution is 2.65. The molecule has 1 aromatic heterocycles. The van der Waals surface area contributed by atoms with E-state index in [0.717, 1.165) is 66.6 Å². The number of anilines is 3. The summed E-state index contributed by atoms with van der Waals surface area (Å²) in [5, 5.41) is 4.53. The van der Waals surface area contributed by atoms with E-state index in [1.54, 1.807) is 0 Å². The molecule has 0 radical (unpaired) electrons. The van der Waals surface area contributed by atoms with Gasteiger partial charge in [-0.3, -0.25) is 0 Å². The molecular weight excluding hydrogens is 739 g/mol. The first kappa shape index (κ1) is 34.0. The lowest BCUT2D eigenvalue weighted by molar-refractivity contribution is 0.674. The smallest absolute Gasteiger partial charge is 0.143 e. The van der Waals surface area contributed by atoms with E-state index in [2.05, 4.69) is 229 Å². The molecule has 0 aliphatic heterocycles. The number of nitrogens with zero attached hydrogens (tertiary/aromatic N) is 1. The van der Waals surface area contributed by atoms with Crippen molar-refractivity contribution in [2.24, 2.45) is 0 Å². The van der Waals surface area contributed by atoms with Crippen LogP contribution in [0, 0.1) is 0 Å². The molecular formula is C59H37NO. The van der Waals surface area contributed by atoms with Crippen LogP contribution in [0.3, 0.4) is 0 Å². The van der Waals surface area contributed by atoms with Gasteiger partial charge < -0.3 is 9.32 Å². The summed E-state index contributed by atoms with van der Waals surface area (Å²) >= 11 is 0. The Morgan fingerprint density at radius 3 is 1.54 bits per heavy atom. The number of benzene rings is 10. The summed E-state index contributed by atoms with van der Waals surface area (Å²) in [4.78, 5) is 2.52. The molecule has 0 N–H and O–H groups in total. The molecule has 0 fully saturated rings. The van der Waals surface area contributed by atoms with Crippen LogP contribution < -0.4 is 4.90 Å². The number of hydrogen-bond donors (Lipinski definition) is 0. The Morgan fingerprint density at radius 2 is 0.787 bits per heavy atom. The first-order valence-corrected chi connectivity index (χ1v) is 21.1. The molecule has 11 aromatic rings. The van der Waals surface area contributed by atoms with Crippen LogP contribution in [-0.2, 0) is 5.41 Å². The SMILES string of the molecule is c1ccc(-c2ccccc2N(c2ccccc2-c2cccc3c2oc2c4ccccc4ccc32)c2cccc3c2-c2ccccc2C32c3ccccc3-c3ccccc32)cc1. The van der Waals surface area contributed by atoms with Gasteiger partial charge in [0, 0.05) is 38.4 Å².